The van der Waals surface area contributed by atoms with Crippen LogP contribution in [0.3, 0.4) is 0 Å². The molecule has 0 heterocycles. The molecule has 0 aliphatic rings. The molecule has 4 heteroatoms. The molecule has 0 aromatic carbocycles. The highest BCUT2D eigenvalue weighted by Gasteiger charge is 2.17. The zero-order valence-electron chi connectivity index (χ0n) is 11.2. The Morgan fingerprint density at radius 2 is 1.81 bits per heavy atom. The molecule has 0 radical (unpaired) electrons. The highest BCUT2D eigenvalue weighted by Crippen LogP contribution is 2.07. The molecule has 0 saturated heterocycles. The summed E-state index contributed by atoms with van der Waals surface area (Å²) < 4.78 is 10.0. The lowest BCUT2D eigenvalue weighted by Crippen LogP contribution is -2.30. The van der Waals surface area contributed by atoms with Crippen molar-refractivity contribution in [2.45, 2.75) is 46.6 Å². The van der Waals surface area contributed by atoms with Gasteiger partial charge in [0.15, 0.2) is 0 Å². The standard InChI is InChI=1S/C12H25NO3/c1-6-8-13(7-2)9-10-15-11(14)16-12(3,4)5/h6-10H2,1-5H3. The fraction of sp³-hybridized carbons (Fsp3) is 0.917. The zero-order valence-corrected chi connectivity index (χ0v) is 11.2. The lowest BCUT2D eigenvalue weighted by Gasteiger charge is -2.21. The second-order valence-electron chi connectivity index (χ2n) is 4.75. The van der Waals surface area contributed by atoms with Crippen molar-refractivity contribution < 1.29 is 14.3 Å². The van der Waals surface area contributed by atoms with Crippen LogP contribution in [0.15, 0.2) is 0 Å². The second-order valence-corrected chi connectivity index (χ2v) is 4.75. The minimum atomic E-state index is -0.583. The number of hydrogen-bond acceptors (Lipinski definition) is 4. The minimum absolute atomic E-state index is 0.392. The quantitative estimate of drug-likeness (QED) is 0.659. The van der Waals surface area contributed by atoms with E-state index in [4.69, 9.17) is 9.47 Å². The highest BCUT2D eigenvalue weighted by molar-refractivity contribution is 5.60. The van der Waals surface area contributed by atoms with E-state index in [0.717, 1.165) is 26.1 Å². The predicted molar refractivity (Wildman–Crippen MR) is 64.6 cm³/mol. The normalized spacial score (nSPS) is 11.6. The number of carbonyl (C=O) groups excluding carboxylic acids is 1. The molecule has 0 aromatic rings. The Bertz CT molecular complexity index is 199. The van der Waals surface area contributed by atoms with Crippen LogP contribution in [-0.2, 0) is 9.47 Å². The molecular weight excluding hydrogens is 206 g/mol. The fourth-order valence-corrected chi connectivity index (χ4v) is 1.28. The summed E-state index contributed by atoms with van der Waals surface area (Å²) in [6.45, 7) is 12.9. The van der Waals surface area contributed by atoms with E-state index in [9.17, 15) is 4.79 Å². The molecule has 0 aliphatic carbocycles. The molecule has 0 unspecified atom stereocenters. The van der Waals surface area contributed by atoms with E-state index in [0.29, 0.717) is 6.61 Å². The van der Waals surface area contributed by atoms with Gasteiger partial charge >= 0.3 is 6.16 Å². The first kappa shape index (κ1) is 15.2. The van der Waals surface area contributed by atoms with Gasteiger partial charge < -0.3 is 14.4 Å². The number of nitrogens with zero attached hydrogens (tertiary/aromatic N) is 1. The van der Waals surface area contributed by atoms with Crippen LogP contribution in [0.5, 0.6) is 0 Å². The third-order valence-electron chi connectivity index (χ3n) is 2.00. The average molecular weight is 231 g/mol. The van der Waals surface area contributed by atoms with E-state index in [2.05, 4.69) is 18.7 Å². The molecule has 0 fully saturated rings. The molecule has 96 valence electrons. The summed E-state index contributed by atoms with van der Waals surface area (Å²) in [6.07, 6.45) is 0.528. The van der Waals surface area contributed by atoms with Crippen LogP contribution in [0.2, 0.25) is 0 Å². The number of ether oxygens (including phenoxy) is 2. The molecule has 0 saturated carbocycles. The van der Waals surface area contributed by atoms with Crippen LogP contribution < -0.4 is 0 Å². The summed E-state index contributed by atoms with van der Waals surface area (Å²) in [7, 11) is 0. The Morgan fingerprint density at radius 3 is 2.25 bits per heavy atom. The summed E-state index contributed by atoms with van der Waals surface area (Å²) in [6, 6.07) is 0. The summed E-state index contributed by atoms with van der Waals surface area (Å²) in [5.41, 5.74) is -0.481. The van der Waals surface area contributed by atoms with Crippen LogP contribution in [0.25, 0.3) is 0 Å². The smallest absolute Gasteiger partial charge is 0.433 e. The predicted octanol–water partition coefficient (Wildman–Crippen LogP) is 2.67. The highest BCUT2D eigenvalue weighted by atomic mass is 16.7. The van der Waals surface area contributed by atoms with E-state index in [1.165, 1.54) is 0 Å². The molecule has 0 N–H and O–H groups in total. The number of hydrogen-bond donors (Lipinski definition) is 0. The van der Waals surface area contributed by atoms with Crippen molar-refractivity contribution in [2.75, 3.05) is 26.2 Å². The number of carbonyl (C=O) groups is 1. The summed E-state index contributed by atoms with van der Waals surface area (Å²) in [5.74, 6) is 0. The first-order chi connectivity index (χ1) is 7.39. The zero-order chi connectivity index (χ0) is 12.6. The maximum absolute atomic E-state index is 11.2. The fourth-order valence-electron chi connectivity index (χ4n) is 1.28. The van der Waals surface area contributed by atoms with E-state index in [1.54, 1.807) is 0 Å². The summed E-state index contributed by atoms with van der Waals surface area (Å²) >= 11 is 0. The Hall–Kier alpha value is -0.770. The van der Waals surface area contributed by atoms with Crippen molar-refractivity contribution in [2.24, 2.45) is 0 Å². The lowest BCUT2D eigenvalue weighted by atomic mass is 10.2. The van der Waals surface area contributed by atoms with Crippen molar-refractivity contribution >= 4 is 6.16 Å². The number of rotatable bonds is 6. The maximum atomic E-state index is 11.2. The topological polar surface area (TPSA) is 38.8 Å². The van der Waals surface area contributed by atoms with Gasteiger partial charge in [0.2, 0.25) is 0 Å². The minimum Gasteiger partial charge on any atom is -0.433 e. The van der Waals surface area contributed by atoms with Gasteiger partial charge in [0.25, 0.3) is 0 Å². The Balaban J connectivity index is 3.68. The molecule has 0 amide bonds. The van der Waals surface area contributed by atoms with Crippen LogP contribution >= 0.6 is 0 Å². The van der Waals surface area contributed by atoms with Gasteiger partial charge in [-0.05, 0) is 40.3 Å². The van der Waals surface area contributed by atoms with Crippen LogP contribution in [0.1, 0.15) is 41.0 Å². The molecule has 0 aromatic heterocycles. The van der Waals surface area contributed by atoms with Crippen LogP contribution in [-0.4, -0.2) is 42.9 Å². The average Bonchev–Trinajstić information content (AvgIpc) is 2.13. The molecule has 4 nitrogen and oxygen atoms in total. The Labute approximate surface area is 98.9 Å². The molecule has 0 aliphatic heterocycles. The molecule has 0 spiro atoms. The summed E-state index contributed by atoms with van der Waals surface area (Å²) in [4.78, 5) is 13.5. The van der Waals surface area contributed by atoms with Gasteiger partial charge in [-0.25, -0.2) is 4.79 Å². The molecular formula is C12H25NO3. The Kier molecular flexibility index (Phi) is 7.13. The van der Waals surface area contributed by atoms with E-state index >= 15 is 0 Å². The van der Waals surface area contributed by atoms with Crippen molar-refractivity contribution in [3.63, 3.8) is 0 Å². The van der Waals surface area contributed by atoms with Gasteiger partial charge in [-0.3, -0.25) is 0 Å². The van der Waals surface area contributed by atoms with Gasteiger partial charge in [0.1, 0.15) is 12.2 Å². The van der Waals surface area contributed by atoms with Gasteiger partial charge in [0.05, 0.1) is 0 Å². The summed E-state index contributed by atoms with van der Waals surface area (Å²) in [5, 5.41) is 0. The SMILES string of the molecule is CCCN(CC)CCOC(=O)OC(C)(C)C. The van der Waals surface area contributed by atoms with Gasteiger partial charge in [-0.15, -0.1) is 0 Å². The first-order valence-electron chi connectivity index (χ1n) is 5.97. The van der Waals surface area contributed by atoms with Crippen molar-refractivity contribution in [1.29, 1.82) is 0 Å². The molecule has 0 atom stereocenters. The van der Waals surface area contributed by atoms with Gasteiger partial charge in [0, 0.05) is 6.54 Å². The Morgan fingerprint density at radius 1 is 1.19 bits per heavy atom. The van der Waals surface area contributed by atoms with Crippen molar-refractivity contribution in [3.05, 3.63) is 0 Å². The molecule has 16 heavy (non-hydrogen) atoms. The molecule has 0 bridgehead atoms. The van der Waals surface area contributed by atoms with Gasteiger partial charge in [-0.1, -0.05) is 13.8 Å². The van der Waals surface area contributed by atoms with Crippen LogP contribution in [0.4, 0.5) is 4.79 Å². The van der Waals surface area contributed by atoms with Crippen molar-refractivity contribution in [1.82, 2.24) is 4.90 Å². The second kappa shape index (κ2) is 7.49. The first-order valence-corrected chi connectivity index (χ1v) is 5.97. The van der Waals surface area contributed by atoms with Gasteiger partial charge in [-0.2, -0.15) is 0 Å². The molecule has 0 rings (SSSR count). The van der Waals surface area contributed by atoms with Crippen molar-refractivity contribution in [3.8, 4) is 0 Å². The lowest BCUT2D eigenvalue weighted by molar-refractivity contribution is -0.0101. The van der Waals surface area contributed by atoms with E-state index in [1.807, 2.05) is 20.8 Å². The third-order valence-corrected chi connectivity index (χ3v) is 2.00. The number of likely N-dealkylation sites (N-methyl/N-ethyl adjacent to an activating group) is 1. The monoisotopic (exact) mass is 231 g/mol. The van der Waals surface area contributed by atoms with E-state index < -0.39 is 11.8 Å². The largest absolute Gasteiger partial charge is 0.508 e. The third kappa shape index (κ3) is 8.53. The maximum Gasteiger partial charge on any atom is 0.508 e. The van der Waals surface area contributed by atoms with E-state index in [-0.39, 0.29) is 0 Å². The van der Waals surface area contributed by atoms with Crippen LogP contribution in [0, 0.1) is 0 Å².